The molecule has 30 heavy (non-hydrogen) atoms. The van der Waals surface area contributed by atoms with Crippen LogP contribution in [0.5, 0.6) is 0 Å². The highest BCUT2D eigenvalue weighted by atomic mass is 35.5. The van der Waals surface area contributed by atoms with Crippen LogP contribution >= 0.6 is 23.2 Å². The highest BCUT2D eigenvalue weighted by Gasteiger charge is 2.47. The van der Waals surface area contributed by atoms with E-state index in [0.717, 1.165) is 0 Å². The number of allylic oxidation sites excluding steroid dienone is 3. The van der Waals surface area contributed by atoms with Crippen molar-refractivity contribution in [3.05, 3.63) is 56.3 Å². The maximum atomic E-state index is 13.5. The molecule has 0 saturated heterocycles. The van der Waals surface area contributed by atoms with Crippen molar-refractivity contribution in [3.8, 4) is 0 Å². The van der Waals surface area contributed by atoms with Gasteiger partial charge in [0.2, 0.25) is 0 Å². The lowest BCUT2D eigenvalue weighted by Gasteiger charge is -2.38. The number of benzene rings is 1. The average molecular weight is 452 g/mol. The third-order valence-electron chi connectivity index (χ3n) is 5.51. The van der Waals surface area contributed by atoms with E-state index in [1.165, 1.54) is 7.11 Å². The van der Waals surface area contributed by atoms with Crippen molar-refractivity contribution in [3.63, 3.8) is 0 Å². The summed E-state index contributed by atoms with van der Waals surface area (Å²) in [6, 6.07) is 4.90. The molecular weight excluding hydrogens is 429 g/mol. The van der Waals surface area contributed by atoms with Crippen molar-refractivity contribution in [1.29, 1.82) is 0 Å². The Morgan fingerprint density at radius 1 is 1.27 bits per heavy atom. The second-order valence-corrected chi connectivity index (χ2v) is 8.27. The van der Waals surface area contributed by atoms with E-state index in [9.17, 15) is 14.4 Å². The van der Waals surface area contributed by atoms with Crippen LogP contribution in [0.15, 0.2) is 40.7 Å². The zero-order valence-corrected chi connectivity index (χ0v) is 18.7. The molecule has 1 aliphatic carbocycles. The molecule has 6 nitrogen and oxygen atoms in total. The number of hydrogen-bond acceptors (Lipinski definition) is 6. The zero-order valence-electron chi connectivity index (χ0n) is 17.2. The number of dihydropyridines is 1. The minimum Gasteiger partial charge on any atom is -0.468 e. The third kappa shape index (κ3) is 3.86. The minimum atomic E-state index is -0.953. The molecule has 8 heteroatoms. The van der Waals surface area contributed by atoms with E-state index < -0.39 is 23.8 Å². The summed E-state index contributed by atoms with van der Waals surface area (Å²) in [5, 5.41) is 3.94. The van der Waals surface area contributed by atoms with Gasteiger partial charge in [0.05, 0.1) is 19.3 Å². The molecule has 0 unspecified atom stereocenters. The lowest BCUT2D eigenvalue weighted by Crippen LogP contribution is -2.43. The topological polar surface area (TPSA) is 81.7 Å². The van der Waals surface area contributed by atoms with E-state index in [4.69, 9.17) is 32.7 Å². The molecule has 0 saturated carbocycles. The van der Waals surface area contributed by atoms with Crippen molar-refractivity contribution in [2.45, 2.75) is 33.1 Å². The largest absolute Gasteiger partial charge is 0.468 e. The number of ketones is 1. The quantitative estimate of drug-likeness (QED) is 0.546. The fourth-order valence-corrected chi connectivity index (χ4v) is 4.72. The average Bonchev–Trinajstić information content (AvgIpc) is 2.66. The smallest absolute Gasteiger partial charge is 0.336 e. The second kappa shape index (κ2) is 8.82. The summed E-state index contributed by atoms with van der Waals surface area (Å²) in [5.41, 5.74) is 2.42. The first-order valence-corrected chi connectivity index (χ1v) is 10.4. The summed E-state index contributed by atoms with van der Waals surface area (Å²) in [6.07, 6.45) is 0.454. The highest BCUT2D eigenvalue weighted by Crippen LogP contribution is 2.47. The third-order valence-corrected chi connectivity index (χ3v) is 6.07. The van der Waals surface area contributed by atoms with Crippen molar-refractivity contribution in [2.75, 3.05) is 13.7 Å². The van der Waals surface area contributed by atoms with Crippen molar-refractivity contribution >= 4 is 40.9 Å². The van der Waals surface area contributed by atoms with Crippen LogP contribution in [0.2, 0.25) is 10.0 Å². The standard InChI is InChI=1S/C22H23Cl2NO5/c1-5-30-22(28)17-11(3)25-15-8-10(2)16(21(27)29-4)20(26)19(15)18(17)13-7-6-12(23)9-14(13)24/h6-7,9-10,16,18,25H,5,8H2,1-4H3/t10-,16+,18+/m1/s1. The Kier molecular flexibility index (Phi) is 6.58. The van der Waals surface area contributed by atoms with E-state index in [1.54, 1.807) is 32.0 Å². The molecule has 0 aromatic heterocycles. The molecule has 2 aliphatic rings. The van der Waals surface area contributed by atoms with Gasteiger partial charge in [0.1, 0.15) is 5.92 Å². The molecule has 0 spiro atoms. The Bertz CT molecular complexity index is 982. The Hall–Kier alpha value is -2.31. The highest BCUT2D eigenvalue weighted by molar-refractivity contribution is 6.35. The van der Waals surface area contributed by atoms with Crippen LogP contribution in [0, 0.1) is 11.8 Å². The monoisotopic (exact) mass is 451 g/mol. The van der Waals surface area contributed by atoms with E-state index in [1.807, 2.05) is 6.92 Å². The summed E-state index contributed by atoms with van der Waals surface area (Å²) in [4.78, 5) is 38.8. The van der Waals surface area contributed by atoms with Gasteiger partial charge in [0.15, 0.2) is 5.78 Å². The van der Waals surface area contributed by atoms with Crippen LogP contribution < -0.4 is 5.32 Å². The summed E-state index contributed by atoms with van der Waals surface area (Å²) < 4.78 is 10.1. The van der Waals surface area contributed by atoms with Gasteiger partial charge < -0.3 is 14.8 Å². The number of Topliss-reactive ketones (excluding diaryl/α,β-unsaturated/α-hetero) is 1. The molecule has 1 aromatic carbocycles. The number of esters is 2. The van der Waals surface area contributed by atoms with Crippen LogP contribution in [-0.4, -0.2) is 31.4 Å². The van der Waals surface area contributed by atoms with Crippen LogP contribution in [0.4, 0.5) is 0 Å². The number of ether oxygens (including phenoxy) is 2. The molecule has 0 bridgehead atoms. The molecular formula is C22H23Cl2NO5. The second-order valence-electron chi connectivity index (χ2n) is 7.42. The van der Waals surface area contributed by atoms with Gasteiger partial charge in [-0.25, -0.2) is 4.79 Å². The van der Waals surface area contributed by atoms with Gasteiger partial charge in [-0.15, -0.1) is 0 Å². The lowest BCUT2D eigenvalue weighted by atomic mass is 9.69. The first-order valence-electron chi connectivity index (χ1n) is 9.66. The number of methoxy groups -OCH3 is 1. The summed E-state index contributed by atoms with van der Waals surface area (Å²) in [7, 11) is 1.26. The van der Waals surface area contributed by atoms with E-state index in [0.29, 0.717) is 39.0 Å². The molecule has 160 valence electrons. The van der Waals surface area contributed by atoms with Gasteiger partial charge >= 0.3 is 11.9 Å². The fourth-order valence-electron chi connectivity index (χ4n) is 4.21. The van der Waals surface area contributed by atoms with Crippen molar-refractivity contribution in [1.82, 2.24) is 5.32 Å². The van der Waals surface area contributed by atoms with Crippen molar-refractivity contribution < 1.29 is 23.9 Å². The first kappa shape index (κ1) is 22.4. The normalized spacial score (nSPS) is 23.7. The minimum absolute atomic E-state index is 0.179. The van der Waals surface area contributed by atoms with E-state index in [-0.39, 0.29) is 23.9 Å². The molecule has 0 amide bonds. The number of carbonyl (C=O) groups is 3. The molecule has 0 fully saturated rings. The van der Waals surface area contributed by atoms with Crippen LogP contribution in [0.25, 0.3) is 0 Å². The lowest BCUT2D eigenvalue weighted by molar-refractivity contribution is -0.151. The number of hydrogen-bond donors (Lipinski definition) is 1. The summed E-state index contributed by atoms with van der Waals surface area (Å²) in [6.45, 7) is 5.47. The SMILES string of the molecule is CCOC(=O)C1=C(C)NC2=C(C(=O)[C@@H](C(=O)OC)[C@H](C)C2)[C@H]1c1ccc(Cl)cc1Cl. The summed E-state index contributed by atoms with van der Waals surface area (Å²) in [5.74, 6) is -3.51. The molecule has 3 atom stereocenters. The maximum absolute atomic E-state index is 13.5. The zero-order chi connectivity index (χ0) is 22.2. The number of carbonyl (C=O) groups excluding carboxylic acids is 3. The van der Waals surface area contributed by atoms with Crippen LogP contribution in [-0.2, 0) is 23.9 Å². The van der Waals surface area contributed by atoms with Gasteiger partial charge in [0, 0.05) is 32.9 Å². The van der Waals surface area contributed by atoms with Gasteiger partial charge in [0.25, 0.3) is 0 Å². The number of rotatable bonds is 4. The number of nitrogens with one attached hydrogen (secondary N) is 1. The Balaban J connectivity index is 2.23. The molecule has 0 radical (unpaired) electrons. The van der Waals surface area contributed by atoms with Crippen molar-refractivity contribution in [2.24, 2.45) is 11.8 Å². The van der Waals surface area contributed by atoms with Crippen LogP contribution in [0.1, 0.15) is 38.7 Å². The fraction of sp³-hybridized carbons (Fsp3) is 0.409. The van der Waals surface area contributed by atoms with Gasteiger partial charge in [-0.05, 0) is 43.9 Å². The number of halogens is 2. The molecule has 1 N–H and O–H groups in total. The Labute approximate surface area is 185 Å². The molecule has 1 heterocycles. The summed E-state index contributed by atoms with van der Waals surface area (Å²) >= 11 is 12.5. The Morgan fingerprint density at radius 3 is 2.57 bits per heavy atom. The Morgan fingerprint density at radius 2 is 1.97 bits per heavy atom. The molecule has 1 aromatic rings. The van der Waals surface area contributed by atoms with E-state index >= 15 is 0 Å². The molecule has 3 rings (SSSR count). The first-order chi connectivity index (χ1) is 14.2. The van der Waals surface area contributed by atoms with E-state index in [2.05, 4.69) is 5.32 Å². The maximum Gasteiger partial charge on any atom is 0.336 e. The van der Waals surface area contributed by atoms with Gasteiger partial charge in [-0.3, -0.25) is 9.59 Å². The van der Waals surface area contributed by atoms with Gasteiger partial charge in [-0.2, -0.15) is 0 Å². The van der Waals surface area contributed by atoms with Gasteiger partial charge in [-0.1, -0.05) is 36.2 Å². The predicted octanol–water partition coefficient (Wildman–Crippen LogP) is 4.17. The van der Waals surface area contributed by atoms with Crippen LogP contribution in [0.3, 0.4) is 0 Å². The molecule has 1 aliphatic heterocycles. The predicted molar refractivity (Wildman–Crippen MR) is 113 cm³/mol.